The Labute approximate surface area is 97.1 Å². The minimum Gasteiger partial charge on any atom is -0.545 e. The molecule has 14 heavy (non-hydrogen) atoms. The number of nitrogens with zero attached hydrogens (tertiary/aromatic N) is 1. The second-order valence-corrected chi connectivity index (χ2v) is 4.41. The maximum absolute atomic E-state index is 11.4. The van der Waals surface area contributed by atoms with Crippen LogP contribution in [0, 0.1) is 6.92 Å². The first kappa shape index (κ1) is 13.7. The summed E-state index contributed by atoms with van der Waals surface area (Å²) in [4.78, 5) is 0.264. The zero-order valence-electron chi connectivity index (χ0n) is 8.69. The third-order valence-electron chi connectivity index (χ3n) is 1.62. The van der Waals surface area contributed by atoms with Crippen LogP contribution in [0.4, 0.5) is 0 Å². The van der Waals surface area contributed by atoms with Gasteiger partial charge >= 0.3 is 18.9 Å². The zero-order valence-corrected chi connectivity index (χ0v) is 9.50. The van der Waals surface area contributed by atoms with Crippen LogP contribution in [0.1, 0.15) is 12.5 Å². The van der Waals surface area contributed by atoms with Crippen molar-refractivity contribution >= 4 is 10.0 Å². The molecule has 0 N–H and O–H groups in total. The molecule has 0 aliphatic heterocycles. The summed E-state index contributed by atoms with van der Waals surface area (Å²) in [6.45, 7) is 3.90. The Morgan fingerprint density at radius 3 is 2.14 bits per heavy atom. The standard InChI is InChI=1S/C9H12NO2S.Li/c1-3-10-13(11,12)9-6-4-8(2)5-7-9;/h4-7H,3H2,1-2H3;/q-1;+1. The fourth-order valence-electron chi connectivity index (χ4n) is 0.955. The van der Waals surface area contributed by atoms with Crippen LogP contribution in [-0.4, -0.2) is 15.0 Å². The molecule has 5 heteroatoms. The Kier molecular flexibility index (Phi) is 5.46. The van der Waals surface area contributed by atoms with Crippen LogP contribution in [0.25, 0.3) is 4.72 Å². The van der Waals surface area contributed by atoms with Crippen molar-refractivity contribution in [3.05, 3.63) is 34.6 Å². The summed E-state index contributed by atoms with van der Waals surface area (Å²) in [7, 11) is -3.40. The SMILES string of the molecule is CC[N-]S(=O)(=O)c1ccc(C)cc1.[Li+]. The fourth-order valence-corrected chi connectivity index (χ4v) is 1.92. The van der Waals surface area contributed by atoms with Crippen molar-refractivity contribution in [2.24, 2.45) is 0 Å². The van der Waals surface area contributed by atoms with Crippen LogP contribution in [0.5, 0.6) is 0 Å². The van der Waals surface area contributed by atoms with Crippen LogP contribution in [0.15, 0.2) is 29.2 Å². The van der Waals surface area contributed by atoms with Gasteiger partial charge in [0.05, 0.1) is 0 Å². The maximum Gasteiger partial charge on any atom is 1.00 e. The van der Waals surface area contributed by atoms with Gasteiger partial charge in [-0.3, -0.25) is 0 Å². The number of benzene rings is 1. The van der Waals surface area contributed by atoms with Crippen LogP contribution in [-0.2, 0) is 10.0 Å². The monoisotopic (exact) mass is 205 g/mol. The van der Waals surface area contributed by atoms with Gasteiger partial charge in [-0.2, -0.15) is 0 Å². The van der Waals surface area contributed by atoms with E-state index in [4.69, 9.17) is 0 Å². The first-order chi connectivity index (χ1) is 6.06. The van der Waals surface area contributed by atoms with Gasteiger partial charge in [-0.05, 0) is 19.1 Å². The molecular formula is C9H12LiNO2S. The van der Waals surface area contributed by atoms with E-state index in [0.717, 1.165) is 5.56 Å². The first-order valence-corrected chi connectivity index (χ1v) is 5.50. The topological polar surface area (TPSA) is 48.2 Å². The van der Waals surface area contributed by atoms with Gasteiger partial charge in [-0.15, -0.1) is 6.54 Å². The van der Waals surface area contributed by atoms with E-state index in [1.807, 2.05) is 6.92 Å². The molecule has 72 valence electrons. The molecule has 0 saturated carbocycles. The van der Waals surface area contributed by atoms with Gasteiger partial charge < -0.3 is 4.72 Å². The number of rotatable bonds is 3. The summed E-state index contributed by atoms with van der Waals surface area (Å²) < 4.78 is 26.3. The smallest absolute Gasteiger partial charge is 0.545 e. The third-order valence-corrected chi connectivity index (χ3v) is 3.08. The minimum atomic E-state index is -3.40. The fraction of sp³-hybridized carbons (Fsp3) is 0.333. The van der Waals surface area contributed by atoms with Crippen molar-refractivity contribution in [1.82, 2.24) is 0 Å². The first-order valence-electron chi connectivity index (χ1n) is 4.06. The summed E-state index contributed by atoms with van der Waals surface area (Å²) in [5.74, 6) is 0. The van der Waals surface area contributed by atoms with Gasteiger partial charge in [-0.1, -0.05) is 24.6 Å². The van der Waals surface area contributed by atoms with Crippen molar-refractivity contribution in [3.63, 3.8) is 0 Å². The average molecular weight is 205 g/mol. The molecule has 0 heterocycles. The van der Waals surface area contributed by atoms with E-state index in [0.29, 0.717) is 0 Å². The predicted octanol–water partition coefficient (Wildman–Crippen LogP) is -0.919. The molecular weight excluding hydrogens is 193 g/mol. The van der Waals surface area contributed by atoms with E-state index in [1.54, 1.807) is 31.2 Å². The van der Waals surface area contributed by atoms with Crippen molar-refractivity contribution in [2.75, 3.05) is 6.54 Å². The summed E-state index contributed by atoms with van der Waals surface area (Å²) >= 11 is 0. The van der Waals surface area contributed by atoms with Gasteiger partial charge in [0.15, 0.2) is 0 Å². The van der Waals surface area contributed by atoms with Crippen molar-refractivity contribution < 1.29 is 27.3 Å². The molecule has 0 amide bonds. The Morgan fingerprint density at radius 2 is 1.71 bits per heavy atom. The maximum atomic E-state index is 11.4. The second kappa shape index (κ2) is 5.57. The predicted molar refractivity (Wildman–Crippen MR) is 52.3 cm³/mol. The molecule has 0 bridgehead atoms. The van der Waals surface area contributed by atoms with Crippen LogP contribution >= 0.6 is 0 Å². The summed E-state index contributed by atoms with van der Waals surface area (Å²) in [6, 6.07) is 6.67. The molecule has 0 fully saturated rings. The van der Waals surface area contributed by atoms with E-state index in [-0.39, 0.29) is 30.3 Å². The molecule has 0 saturated heterocycles. The molecule has 0 radical (unpaired) electrons. The largest absolute Gasteiger partial charge is 1.00 e. The van der Waals surface area contributed by atoms with Crippen molar-refractivity contribution in [2.45, 2.75) is 18.7 Å². The molecule has 0 aliphatic rings. The second-order valence-electron chi connectivity index (χ2n) is 2.73. The van der Waals surface area contributed by atoms with Gasteiger partial charge in [0.2, 0.25) is 0 Å². The average Bonchev–Trinajstić information content (AvgIpc) is 2.05. The Morgan fingerprint density at radius 1 is 1.21 bits per heavy atom. The number of aryl methyl sites for hydroxylation is 1. The molecule has 0 spiro atoms. The molecule has 0 aromatic heterocycles. The van der Waals surface area contributed by atoms with Crippen LogP contribution < -0.4 is 18.9 Å². The van der Waals surface area contributed by atoms with E-state index in [9.17, 15) is 8.42 Å². The number of hydrogen-bond acceptors (Lipinski definition) is 2. The normalized spacial score (nSPS) is 10.7. The van der Waals surface area contributed by atoms with E-state index in [1.165, 1.54) is 0 Å². The summed E-state index contributed by atoms with van der Waals surface area (Å²) in [5.41, 5.74) is 1.04. The van der Waals surface area contributed by atoms with Crippen LogP contribution in [0.3, 0.4) is 0 Å². The Balaban J connectivity index is 0.00000169. The van der Waals surface area contributed by atoms with E-state index < -0.39 is 10.0 Å². The molecule has 1 aromatic carbocycles. The number of hydrogen-bond donors (Lipinski definition) is 0. The van der Waals surface area contributed by atoms with Gasteiger partial charge in [-0.25, -0.2) is 8.42 Å². The molecule has 0 aliphatic carbocycles. The minimum absolute atomic E-state index is 0. The molecule has 1 aromatic rings. The van der Waals surface area contributed by atoms with Crippen molar-refractivity contribution in [3.8, 4) is 0 Å². The van der Waals surface area contributed by atoms with Crippen molar-refractivity contribution in [1.29, 1.82) is 0 Å². The molecule has 0 atom stereocenters. The van der Waals surface area contributed by atoms with Crippen LogP contribution in [0.2, 0.25) is 0 Å². The quantitative estimate of drug-likeness (QED) is 0.599. The Hall–Kier alpha value is -0.273. The number of sulfonamides is 1. The van der Waals surface area contributed by atoms with Gasteiger partial charge in [0.1, 0.15) is 10.0 Å². The zero-order chi connectivity index (χ0) is 9.90. The van der Waals surface area contributed by atoms with E-state index >= 15 is 0 Å². The summed E-state index contributed by atoms with van der Waals surface area (Å²) in [5, 5.41) is 0. The molecule has 1 rings (SSSR count). The Bertz CT molecular complexity index is 372. The molecule has 3 nitrogen and oxygen atoms in total. The van der Waals surface area contributed by atoms with Gasteiger partial charge in [0, 0.05) is 4.90 Å². The molecule has 0 unspecified atom stereocenters. The van der Waals surface area contributed by atoms with Gasteiger partial charge in [0.25, 0.3) is 0 Å². The third kappa shape index (κ3) is 3.47. The summed E-state index contributed by atoms with van der Waals surface area (Å²) in [6.07, 6.45) is 0. The van der Waals surface area contributed by atoms with E-state index in [2.05, 4.69) is 4.72 Å².